The van der Waals surface area contributed by atoms with Gasteiger partial charge in [-0.1, -0.05) is 29.8 Å². The van der Waals surface area contributed by atoms with Gasteiger partial charge in [-0.25, -0.2) is 9.48 Å². The van der Waals surface area contributed by atoms with Gasteiger partial charge in [0.1, 0.15) is 5.82 Å². The fraction of sp³-hybridized carbons (Fsp3) is 0.579. The molecular formula is C19H26N4O. The van der Waals surface area contributed by atoms with E-state index >= 15 is 0 Å². The molecule has 1 aliphatic heterocycles. The lowest BCUT2D eigenvalue weighted by molar-refractivity contribution is 0.199. The van der Waals surface area contributed by atoms with Gasteiger partial charge in [0.15, 0.2) is 0 Å². The van der Waals surface area contributed by atoms with Gasteiger partial charge in [-0.15, -0.1) is 0 Å². The molecule has 128 valence electrons. The highest BCUT2D eigenvalue weighted by molar-refractivity contribution is 5.21. The van der Waals surface area contributed by atoms with E-state index in [1.54, 1.807) is 7.05 Å². The van der Waals surface area contributed by atoms with Crippen molar-refractivity contribution in [2.24, 2.45) is 7.05 Å². The first-order valence-corrected chi connectivity index (χ1v) is 9.05. The summed E-state index contributed by atoms with van der Waals surface area (Å²) in [5.41, 5.74) is 2.76. The molecule has 1 aromatic heterocycles. The predicted molar refractivity (Wildman–Crippen MR) is 94.2 cm³/mol. The van der Waals surface area contributed by atoms with Crippen LogP contribution in [0.2, 0.25) is 0 Å². The number of rotatable bonds is 4. The fourth-order valence-electron chi connectivity index (χ4n) is 3.75. The topological polar surface area (TPSA) is 43.1 Å². The van der Waals surface area contributed by atoms with Crippen LogP contribution >= 0.6 is 0 Å². The molecule has 0 spiro atoms. The predicted octanol–water partition coefficient (Wildman–Crippen LogP) is 2.60. The third-order valence-electron chi connectivity index (χ3n) is 5.37. The number of hydrogen-bond donors (Lipinski definition) is 0. The second-order valence-corrected chi connectivity index (χ2v) is 7.40. The molecule has 1 aliphatic carbocycles. The van der Waals surface area contributed by atoms with Crippen molar-refractivity contribution in [3.63, 3.8) is 0 Å². The van der Waals surface area contributed by atoms with E-state index in [1.807, 2.05) is 4.57 Å². The van der Waals surface area contributed by atoms with Gasteiger partial charge < -0.3 is 0 Å². The third kappa shape index (κ3) is 3.05. The molecule has 2 aromatic rings. The summed E-state index contributed by atoms with van der Waals surface area (Å²) >= 11 is 0. The summed E-state index contributed by atoms with van der Waals surface area (Å²) in [5, 5.41) is 4.56. The number of piperidine rings is 1. The van der Waals surface area contributed by atoms with Gasteiger partial charge >= 0.3 is 5.69 Å². The Balaban J connectivity index is 1.42. The van der Waals surface area contributed by atoms with E-state index in [4.69, 9.17) is 0 Å². The zero-order valence-electron chi connectivity index (χ0n) is 14.6. The van der Waals surface area contributed by atoms with Crippen molar-refractivity contribution in [1.29, 1.82) is 0 Å². The Bertz CT molecular complexity index is 762. The lowest BCUT2D eigenvalue weighted by atomic mass is 9.95. The molecule has 2 fully saturated rings. The van der Waals surface area contributed by atoms with E-state index in [-0.39, 0.29) is 5.69 Å². The first-order valence-electron chi connectivity index (χ1n) is 9.05. The molecule has 1 saturated heterocycles. The maximum absolute atomic E-state index is 12.3. The van der Waals surface area contributed by atoms with Crippen molar-refractivity contribution >= 4 is 0 Å². The van der Waals surface area contributed by atoms with Gasteiger partial charge in [-0.05, 0) is 51.3 Å². The summed E-state index contributed by atoms with van der Waals surface area (Å²) in [7, 11) is 1.78. The standard InChI is InChI=1S/C19H26N4O/c1-14-3-5-15(6-4-14)13-22-11-9-16(10-12-22)18-20-21(2)19(24)23(18)17-7-8-17/h3-6,16-17H,7-13H2,1-2H3. The molecule has 24 heavy (non-hydrogen) atoms. The minimum absolute atomic E-state index is 0.0644. The molecular weight excluding hydrogens is 300 g/mol. The highest BCUT2D eigenvalue weighted by Gasteiger charge is 2.33. The second-order valence-electron chi connectivity index (χ2n) is 7.40. The molecule has 1 saturated carbocycles. The maximum atomic E-state index is 12.3. The van der Waals surface area contributed by atoms with Gasteiger partial charge in [0, 0.05) is 25.6 Å². The highest BCUT2D eigenvalue weighted by Crippen LogP contribution is 2.37. The molecule has 5 heteroatoms. The van der Waals surface area contributed by atoms with E-state index in [1.165, 1.54) is 15.8 Å². The third-order valence-corrected chi connectivity index (χ3v) is 5.37. The smallest absolute Gasteiger partial charge is 0.299 e. The summed E-state index contributed by atoms with van der Waals surface area (Å²) < 4.78 is 3.49. The Kier molecular flexibility index (Phi) is 4.04. The monoisotopic (exact) mass is 326 g/mol. The van der Waals surface area contributed by atoms with Crippen LogP contribution in [0.3, 0.4) is 0 Å². The number of aryl methyl sites for hydroxylation is 2. The number of likely N-dealkylation sites (tertiary alicyclic amines) is 1. The van der Waals surface area contributed by atoms with Crippen LogP contribution in [0, 0.1) is 6.92 Å². The van der Waals surface area contributed by atoms with Crippen molar-refractivity contribution in [2.75, 3.05) is 13.1 Å². The largest absolute Gasteiger partial charge is 0.345 e. The van der Waals surface area contributed by atoms with Gasteiger partial charge in [0.05, 0.1) is 0 Å². The normalized spacial score (nSPS) is 19.8. The summed E-state index contributed by atoms with van der Waals surface area (Å²) in [6.45, 7) is 5.30. The molecule has 4 rings (SSSR count). The lowest BCUT2D eigenvalue weighted by Crippen LogP contribution is -2.33. The summed E-state index contributed by atoms with van der Waals surface area (Å²) in [6.07, 6.45) is 4.44. The van der Waals surface area contributed by atoms with E-state index in [9.17, 15) is 4.79 Å². The van der Waals surface area contributed by atoms with Crippen molar-refractivity contribution in [3.05, 3.63) is 51.7 Å². The first-order chi connectivity index (χ1) is 11.6. The van der Waals surface area contributed by atoms with Crippen LogP contribution in [-0.2, 0) is 13.6 Å². The molecule has 0 amide bonds. The van der Waals surface area contributed by atoms with E-state index in [0.717, 1.165) is 51.1 Å². The number of nitrogens with zero attached hydrogens (tertiary/aromatic N) is 4. The summed E-state index contributed by atoms with van der Waals surface area (Å²) in [6, 6.07) is 9.23. The zero-order valence-corrected chi connectivity index (χ0v) is 14.6. The fourth-order valence-corrected chi connectivity index (χ4v) is 3.75. The SMILES string of the molecule is Cc1ccc(CN2CCC(c3nn(C)c(=O)n3C3CC3)CC2)cc1. The van der Waals surface area contributed by atoms with Crippen LogP contribution in [0.15, 0.2) is 29.1 Å². The van der Waals surface area contributed by atoms with Crippen LogP contribution in [0.25, 0.3) is 0 Å². The molecule has 2 heterocycles. The molecule has 1 aromatic carbocycles. The van der Waals surface area contributed by atoms with Gasteiger partial charge in [-0.2, -0.15) is 5.10 Å². The Morgan fingerprint density at radius 2 is 1.75 bits per heavy atom. The van der Waals surface area contributed by atoms with Crippen LogP contribution in [0.5, 0.6) is 0 Å². The summed E-state index contributed by atoms with van der Waals surface area (Å²) in [5.74, 6) is 1.45. The quantitative estimate of drug-likeness (QED) is 0.867. The zero-order chi connectivity index (χ0) is 16.7. The Morgan fingerprint density at radius 3 is 2.38 bits per heavy atom. The van der Waals surface area contributed by atoms with Crippen LogP contribution in [0.1, 0.15) is 54.6 Å². The first kappa shape index (κ1) is 15.6. The summed E-state index contributed by atoms with van der Waals surface area (Å²) in [4.78, 5) is 14.8. The van der Waals surface area contributed by atoms with Crippen LogP contribution < -0.4 is 5.69 Å². The van der Waals surface area contributed by atoms with Gasteiger partial charge in [0.25, 0.3) is 0 Å². The minimum atomic E-state index is 0.0644. The second kappa shape index (κ2) is 6.20. The highest BCUT2D eigenvalue weighted by atomic mass is 16.2. The average molecular weight is 326 g/mol. The Morgan fingerprint density at radius 1 is 1.08 bits per heavy atom. The number of aromatic nitrogens is 3. The number of benzene rings is 1. The van der Waals surface area contributed by atoms with Crippen LogP contribution in [-0.4, -0.2) is 32.3 Å². The molecule has 0 radical (unpaired) electrons. The molecule has 5 nitrogen and oxygen atoms in total. The van der Waals surface area contributed by atoms with Crippen LogP contribution in [0.4, 0.5) is 0 Å². The lowest BCUT2D eigenvalue weighted by Gasteiger charge is -2.31. The number of hydrogen-bond acceptors (Lipinski definition) is 3. The molecule has 0 N–H and O–H groups in total. The molecule has 0 atom stereocenters. The molecule has 2 aliphatic rings. The van der Waals surface area contributed by atoms with E-state index < -0.39 is 0 Å². The van der Waals surface area contributed by atoms with Gasteiger partial charge in [0.2, 0.25) is 0 Å². The minimum Gasteiger partial charge on any atom is -0.299 e. The molecule has 0 bridgehead atoms. The van der Waals surface area contributed by atoms with E-state index in [0.29, 0.717) is 12.0 Å². The van der Waals surface area contributed by atoms with Crippen molar-refractivity contribution in [2.45, 2.75) is 51.1 Å². The Labute approximate surface area is 142 Å². The van der Waals surface area contributed by atoms with E-state index in [2.05, 4.69) is 41.2 Å². The van der Waals surface area contributed by atoms with Gasteiger partial charge in [-0.3, -0.25) is 9.47 Å². The van der Waals surface area contributed by atoms with Crippen molar-refractivity contribution < 1.29 is 0 Å². The average Bonchev–Trinajstić information content (AvgIpc) is 3.37. The van der Waals surface area contributed by atoms with Crippen molar-refractivity contribution in [1.82, 2.24) is 19.2 Å². The van der Waals surface area contributed by atoms with Crippen molar-refractivity contribution in [3.8, 4) is 0 Å². The maximum Gasteiger partial charge on any atom is 0.345 e. The molecule has 0 unspecified atom stereocenters. The Hall–Kier alpha value is -1.88.